The molecule has 1 aromatic carbocycles. The van der Waals surface area contributed by atoms with Gasteiger partial charge in [-0.25, -0.2) is 4.39 Å². The lowest BCUT2D eigenvalue weighted by Gasteiger charge is -2.41. The van der Waals surface area contributed by atoms with E-state index in [0.717, 1.165) is 19.3 Å². The highest BCUT2D eigenvalue weighted by Gasteiger charge is 2.51. The number of primary amides is 1. The number of benzene rings is 1. The van der Waals surface area contributed by atoms with Gasteiger partial charge in [0, 0.05) is 32.5 Å². The van der Waals surface area contributed by atoms with Crippen LogP contribution in [0, 0.1) is 17.8 Å². The third-order valence-electron chi connectivity index (χ3n) is 8.21. The molecule has 1 aromatic rings. The molecule has 39 heavy (non-hydrogen) atoms. The van der Waals surface area contributed by atoms with E-state index in [1.54, 1.807) is 0 Å². The zero-order valence-electron chi connectivity index (χ0n) is 20.9. The second-order valence-electron chi connectivity index (χ2n) is 10.4. The van der Waals surface area contributed by atoms with Crippen LogP contribution in [0.2, 0.25) is 0 Å². The van der Waals surface area contributed by atoms with Crippen molar-refractivity contribution in [2.45, 2.75) is 45.1 Å². The summed E-state index contributed by atoms with van der Waals surface area (Å²) in [4.78, 5) is 39.7. The van der Waals surface area contributed by atoms with E-state index in [9.17, 15) is 42.9 Å². The molecule has 7 N–H and O–H groups in total. The number of amides is 1. The quantitative estimate of drug-likeness (QED) is 0.412. The lowest BCUT2D eigenvalue weighted by Crippen LogP contribution is -2.44. The van der Waals surface area contributed by atoms with Crippen LogP contribution in [-0.4, -0.2) is 56.3 Å². The number of allylic oxidation sites excluding steroid dienone is 2. The molecule has 0 bridgehead atoms. The largest absolute Gasteiger partial charge is 0.511 e. The number of phenols is 1. The molecule has 3 atom stereocenters. The van der Waals surface area contributed by atoms with Crippen LogP contribution < -0.4 is 5.73 Å². The van der Waals surface area contributed by atoms with Crippen molar-refractivity contribution in [3.8, 4) is 5.75 Å². The normalized spacial score (nSPS) is 24.9. The van der Waals surface area contributed by atoms with E-state index < -0.39 is 75.5 Å². The predicted molar refractivity (Wildman–Crippen MR) is 137 cm³/mol. The van der Waals surface area contributed by atoms with Gasteiger partial charge in [0.05, 0.1) is 11.5 Å². The fraction of sp³-hybridized carbons (Fsp3) is 0.444. The highest BCUT2D eigenvalue weighted by molar-refractivity contribution is 6.21. The van der Waals surface area contributed by atoms with Gasteiger partial charge in [-0.2, -0.15) is 8.78 Å². The summed E-state index contributed by atoms with van der Waals surface area (Å²) < 4.78 is 41.7. The molecule has 1 saturated heterocycles. The molecule has 5 rings (SSSR count). The monoisotopic (exact) mass is 554 g/mol. The topological polar surface area (TPSA) is 173 Å². The van der Waals surface area contributed by atoms with Crippen molar-refractivity contribution in [1.29, 1.82) is 0 Å². The number of ketones is 2. The Morgan fingerprint density at radius 1 is 1.08 bits per heavy atom. The van der Waals surface area contributed by atoms with Gasteiger partial charge < -0.3 is 26.5 Å². The Kier molecular flexibility index (Phi) is 7.63. The third-order valence-corrected chi connectivity index (χ3v) is 8.21. The standard InChI is InChI=1S/C27H27F3N2O6.H2O.2H2/c28-21(26(29)30)15-8-13(10-32-4-2-1-3-5-32)22(34)19-14(15)7-11-6-12-9-16(33)20(27(31)38)25(37)18(12)23(35)17(11)24(19)36;;;/h8,11-12,18,34,36-37H,1-7,9-10H2,(H2,31,38);1H2;2*1H. The molecule has 214 valence electrons. The first-order valence-corrected chi connectivity index (χ1v) is 12.6. The zero-order chi connectivity index (χ0) is 27.5. The first kappa shape index (κ1) is 28.4. The second kappa shape index (κ2) is 10.5. The number of nitrogens with zero attached hydrogens (tertiary/aromatic N) is 1. The zero-order valence-corrected chi connectivity index (χ0v) is 20.9. The lowest BCUT2D eigenvalue weighted by atomic mass is 9.61. The van der Waals surface area contributed by atoms with Crippen LogP contribution >= 0.6 is 0 Å². The molecule has 3 unspecified atom stereocenters. The molecule has 1 heterocycles. The number of aliphatic hydroxyl groups is 2. The fourth-order valence-corrected chi connectivity index (χ4v) is 6.54. The third kappa shape index (κ3) is 4.61. The smallest absolute Gasteiger partial charge is 0.306 e. The maximum atomic E-state index is 14.8. The van der Waals surface area contributed by atoms with Crippen LogP contribution in [0.4, 0.5) is 13.2 Å². The number of rotatable bonds is 4. The van der Waals surface area contributed by atoms with Crippen LogP contribution in [-0.2, 0) is 27.3 Å². The molecule has 1 amide bonds. The Balaban J connectivity index is 0.00000196. The van der Waals surface area contributed by atoms with Crippen molar-refractivity contribution < 1.29 is 51.2 Å². The van der Waals surface area contributed by atoms with Gasteiger partial charge in [0.1, 0.15) is 22.8 Å². The number of likely N-dealkylation sites (tertiary alicyclic amines) is 1. The predicted octanol–water partition coefficient (Wildman–Crippen LogP) is 3.50. The van der Waals surface area contributed by atoms with E-state index in [2.05, 4.69) is 0 Å². The van der Waals surface area contributed by atoms with Gasteiger partial charge in [-0.1, -0.05) is 6.42 Å². The minimum atomic E-state index is -2.55. The van der Waals surface area contributed by atoms with Gasteiger partial charge in [-0.15, -0.1) is 0 Å². The number of carbonyl (C=O) groups excluding carboxylic acids is 3. The molecular weight excluding hydrogens is 521 g/mol. The number of hydrogen-bond donors (Lipinski definition) is 4. The number of Topliss-reactive ketones (excluding diaryl/α,β-unsaturated/α-hetero) is 2. The molecule has 4 aliphatic rings. The first-order valence-electron chi connectivity index (χ1n) is 12.6. The average molecular weight is 555 g/mol. The van der Waals surface area contributed by atoms with Crippen molar-refractivity contribution in [3.63, 3.8) is 0 Å². The summed E-state index contributed by atoms with van der Waals surface area (Å²) in [5.41, 5.74) is 3.71. The molecule has 9 nitrogen and oxygen atoms in total. The fourth-order valence-electron chi connectivity index (χ4n) is 6.54. The Labute approximate surface area is 224 Å². The molecule has 1 aliphatic heterocycles. The summed E-state index contributed by atoms with van der Waals surface area (Å²) in [6.45, 7) is 1.53. The van der Waals surface area contributed by atoms with Crippen LogP contribution in [0.5, 0.6) is 5.75 Å². The number of phenolic OH excluding ortho intramolecular Hbond substituents is 1. The minimum absolute atomic E-state index is 0. The maximum absolute atomic E-state index is 14.8. The van der Waals surface area contributed by atoms with Crippen molar-refractivity contribution in [3.05, 3.63) is 51.3 Å². The van der Waals surface area contributed by atoms with Crippen LogP contribution in [0.1, 0.15) is 57.2 Å². The van der Waals surface area contributed by atoms with Crippen molar-refractivity contribution in [2.75, 3.05) is 13.1 Å². The van der Waals surface area contributed by atoms with E-state index in [1.807, 2.05) is 4.90 Å². The maximum Gasteiger partial charge on any atom is 0.306 e. The molecule has 0 aromatic heterocycles. The van der Waals surface area contributed by atoms with Gasteiger partial charge in [0.2, 0.25) is 0 Å². The molecule has 3 aliphatic carbocycles. The summed E-state index contributed by atoms with van der Waals surface area (Å²) in [6, 6.07) is 1.17. The van der Waals surface area contributed by atoms with Gasteiger partial charge in [-0.3, -0.25) is 19.3 Å². The van der Waals surface area contributed by atoms with E-state index in [0.29, 0.717) is 13.1 Å². The van der Waals surface area contributed by atoms with Crippen LogP contribution in [0.25, 0.3) is 11.6 Å². The Hall–Kier alpha value is -3.64. The number of aromatic hydroxyl groups is 1. The van der Waals surface area contributed by atoms with Crippen molar-refractivity contribution >= 4 is 29.1 Å². The lowest BCUT2D eigenvalue weighted by molar-refractivity contribution is -0.127. The SMILES string of the molecule is NC(=O)C1=C(O)C2C(=O)C3=C(O)c4c(O)c(CN5CCCCC5)cc(C(F)=C(F)F)c4CC3CC2CC1=O.O.[HH].[HH]. The van der Waals surface area contributed by atoms with Gasteiger partial charge >= 0.3 is 6.08 Å². The van der Waals surface area contributed by atoms with Crippen molar-refractivity contribution in [1.82, 2.24) is 4.90 Å². The van der Waals surface area contributed by atoms with Gasteiger partial charge in [-0.05, 0) is 62.2 Å². The summed E-state index contributed by atoms with van der Waals surface area (Å²) in [7, 11) is 0. The van der Waals surface area contributed by atoms with E-state index in [1.165, 1.54) is 6.07 Å². The summed E-state index contributed by atoms with van der Waals surface area (Å²) in [6.07, 6.45) is -0.0291. The van der Waals surface area contributed by atoms with Crippen molar-refractivity contribution in [2.24, 2.45) is 23.5 Å². The highest BCUT2D eigenvalue weighted by atomic mass is 19.3. The number of carbonyl (C=O) groups is 3. The van der Waals surface area contributed by atoms with Crippen LogP contribution in [0.3, 0.4) is 0 Å². The number of aliphatic hydroxyl groups excluding tert-OH is 2. The number of fused-ring (bicyclic) bond motifs is 3. The molecule has 0 radical (unpaired) electrons. The molecule has 2 fully saturated rings. The Bertz CT molecular complexity index is 1370. The molecule has 0 spiro atoms. The Morgan fingerprint density at radius 2 is 1.74 bits per heavy atom. The summed E-state index contributed by atoms with van der Waals surface area (Å²) in [5.74, 6) is -9.12. The highest BCUT2D eigenvalue weighted by Crippen LogP contribution is 2.52. The number of piperidine rings is 1. The molecular formula is C27H33F3N2O7. The first-order chi connectivity index (χ1) is 18.0. The van der Waals surface area contributed by atoms with Gasteiger partial charge in [0.15, 0.2) is 17.4 Å². The average Bonchev–Trinajstić information content (AvgIpc) is 2.85. The number of halogens is 3. The molecule has 1 saturated carbocycles. The van der Waals surface area contributed by atoms with Gasteiger partial charge in [0.25, 0.3) is 5.91 Å². The number of nitrogens with two attached hydrogens (primary N) is 1. The summed E-state index contributed by atoms with van der Waals surface area (Å²) in [5, 5.41) is 33.1. The van der Waals surface area contributed by atoms with Crippen LogP contribution in [0.15, 0.2) is 29.1 Å². The summed E-state index contributed by atoms with van der Waals surface area (Å²) >= 11 is 0. The molecule has 12 heteroatoms. The minimum Gasteiger partial charge on any atom is -0.511 e. The van der Waals surface area contributed by atoms with E-state index >= 15 is 0 Å². The Morgan fingerprint density at radius 3 is 2.36 bits per heavy atom. The number of hydrogen-bond acceptors (Lipinski definition) is 7. The second-order valence-corrected chi connectivity index (χ2v) is 10.4. The van der Waals surface area contributed by atoms with E-state index in [-0.39, 0.29) is 56.4 Å². The van der Waals surface area contributed by atoms with E-state index in [4.69, 9.17) is 5.73 Å².